The van der Waals surface area contributed by atoms with E-state index in [1.165, 1.54) is 0 Å². The lowest BCUT2D eigenvalue weighted by atomic mass is 10.0. The van der Waals surface area contributed by atoms with Crippen molar-refractivity contribution in [2.75, 3.05) is 0 Å². The summed E-state index contributed by atoms with van der Waals surface area (Å²) in [4.78, 5) is 0. The topological polar surface area (TPSA) is 46.2 Å². The summed E-state index contributed by atoms with van der Waals surface area (Å²) in [6, 6.07) is -1.98. The second-order valence-corrected chi connectivity index (χ2v) is 3.30. The largest absolute Gasteiger partial charge is 0.416 e. The number of alkyl halides is 3. The Balaban J connectivity index is 3.13. The van der Waals surface area contributed by atoms with E-state index in [4.69, 9.17) is 10.8 Å². The molecule has 0 aliphatic heterocycles. The molecule has 2 nitrogen and oxygen atoms in total. The normalized spacial score (nSPS) is 15.8. The number of rotatable bonds is 2. The Hall–Kier alpha value is -1.28. The van der Waals surface area contributed by atoms with E-state index in [0.717, 1.165) is 0 Å². The summed E-state index contributed by atoms with van der Waals surface area (Å²) in [7, 11) is 0. The molecule has 96 valence electrons. The molecule has 0 heterocycles. The number of aliphatic hydroxyl groups is 1. The minimum atomic E-state index is -5.09. The molecule has 8 heteroatoms. The molecule has 0 aliphatic rings. The van der Waals surface area contributed by atoms with E-state index in [9.17, 15) is 26.3 Å². The van der Waals surface area contributed by atoms with Crippen LogP contribution in [0.25, 0.3) is 0 Å². The van der Waals surface area contributed by atoms with Crippen molar-refractivity contribution in [3.63, 3.8) is 0 Å². The maximum absolute atomic E-state index is 13.1. The van der Waals surface area contributed by atoms with Crippen molar-refractivity contribution in [2.24, 2.45) is 5.73 Å². The lowest BCUT2D eigenvalue weighted by Gasteiger charge is -2.22. The molecular formula is C9H7F6NO. The fourth-order valence-corrected chi connectivity index (χ4v) is 1.17. The number of nitrogens with two attached hydrogens (primary N) is 1. The van der Waals surface area contributed by atoms with Crippen LogP contribution >= 0.6 is 0 Å². The van der Waals surface area contributed by atoms with Gasteiger partial charge in [-0.15, -0.1) is 0 Å². The van der Waals surface area contributed by atoms with Gasteiger partial charge in [-0.05, 0) is 6.07 Å². The Bertz CT molecular complexity index is 419. The fraction of sp³-hybridized carbons (Fsp3) is 0.333. The zero-order valence-electron chi connectivity index (χ0n) is 8.10. The number of benzene rings is 1. The molecule has 1 aromatic carbocycles. The molecule has 0 unspecified atom stereocenters. The van der Waals surface area contributed by atoms with Gasteiger partial charge in [0, 0.05) is 11.6 Å². The Morgan fingerprint density at radius 2 is 1.47 bits per heavy atom. The highest BCUT2D eigenvalue weighted by atomic mass is 19.4. The van der Waals surface area contributed by atoms with Gasteiger partial charge >= 0.3 is 6.18 Å². The van der Waals surface area contributed by atoms with E-state index in [1.807, 2.05) is 0 Å². The number of hydrogen-bond acceptors (Lipinski definition) is 2. The van der Waals surface area contributed by atoms with Crippen molar-refractivity contribution in [1.29, 1.82) is 0 Å². The molecule has 0 spiro atoms. The van der Waals surface area contributed by atoms with Crippen LogP contribution in [0.1, 0.15) is 11.6 Å². The molecular weight excluding hydrogens is 252 g/mol. The van der Waals surface area contributed by atoms with E-state index in [1.54, 1.807) is 0 Å². The molecule has 1 rings (SSSR count). The maximum Gasteiger partial charge on any atom is 0.416 e. The minimum absolute atomic E-state index is 0.0631. The Labute approximate surface area is 91.7 Å². The standard InChI is InChI=1S/C9H7F6NO/c10-4-2-6(12)5(11)1-3(4)7(16)8(17)9(13,14)15/h1-2,7-8,17H,16H2/t7-,8-/m1/s1. The predicted molar refractivity (Wildman–Crippen MR) is 45.3 cm³/mol. The van der Waals surface area contributed by atoms with E-state index in [0.29, 0.717) is 0 Å². The van der Waals surface area contributed by atoms with Crippen molar-refractivity contribution in [3.8, 4) is 0 Å². The average molecular weight is 259 g/mol. The van der Waals surface area contributed by atoms with Crippen LogP contribution in [0.2, 0.25) is 0 Å². The molecule has 0 amide bonds. The third kappa shape index (κ3) is 2.89. The highest BCUT2D eigenvalue weighted by molar-refractivity contribution is 5.24. The lowest BCUT2D eigenvalue weighted by molar-refractivity contribution is -0.210. The van der Waals surface area contributed by atoms with Crippen LogP contribution in [0.15, 0.2) is 12.1 Å². The van der Waals surface area contributed by atoms with Crippen molar-refractivity contribution < 1.29 is 31.4 Å². The summed E-state index contributed by atoms with van der Waals surface area (Å²) in [6.07, 6.45) is -8.15. The van der Waals surface area contributed by atoms with Gasteiger partial charge in [-0.25, -0.2) is 13.2 Å². The second-order valence-electron chi connectivity index (χ2n) is 3.30. The van der Waals surface area contributed by atoms with Gasteiger partial charge in [0.1, 0.15) is 5.82 Å². The summed E-state index contributed by atoms with van der Waals surface area (Å²) in [5, 5.41) is 8.76. The van der Waals surface area contributed by atoms with E-state index in [-0.39, 0.29) is 12.1 Å². The van der Waals surface area contributed by atoms with Gasteiger partial charge in [0.15, 0.2) is 17.7 Å². The highest BCUT2D eigenvalue weighted by Crippen LogP contribution is 2.30. The maximum atomic E-state index is 13.1. The Morgan fingerprint density at radius 1 is 1.00 bits per heavy atom. The van der Waals surface area contributed by atoms with Gasteiger partial charge in [0.05, 0.1) is 6.04 Å². The van der Waals surface area contributed by atoms with Gasteiger partial charge in [-0.1, -0.05) is 0 Å². The summed E-state index contributed by atoms with van der Waals surface area (Å²) in [5.41, 5.74) is 4.00. The SMILES string of the molecule is N[C@H](c1cc(F)c(F)cc1F)[C@@H](O)C(F)(F)F. The first-order chi connectivity index (χ1) is 7.64. The molecule has 2 atom stereocenters. The minimum Gasteiger partial charge on any atom is -0.382 e. The highest BCUT2D eigenvalue weighted by Gasteiger charge is 2.43. The van der Waals surface area contributed by atoms with Crippen LogP contribution in [0.4, 0.5) is 26.3 Å². The quantitative estimate of drug-likeness (QED) is 0.630. The third-order valence-corrected chi connectivity index (χ3v) is 2.07. The monoisotopic (exact) mass is 259 g/mol. The molecule has 0 aromatic heterocycles. The van der Waals surface area contributed by atoms with E-state index in [2.05, 4.69) is 0 Å². The Kier molecular flexibility index (Phi) is 3.68. The fourth-order valence-electron chi connectivity index (χ4n) is 1.17. The average Bonchev–Trinajstić information content (AvgIpc) is 2.20. The number of halogens is 6. The zero-order valence-corrected chi connectivity index (χ0v) is 8.10. The Morgan fingerprint density at radius 3 is 1.94 bits per heavy atom. The summed E-state index contributed by atoms with van der Waals surface area (Å²) >= 11 is 0. The third-order valence-electron chi connectivity index (χ3n) is 2.07. The molecule has 17 heavy (non-hydrogen) atoms. The van der Waals surface area contributed by atoms with E-state index >= 15 is 0 Å². The summed E-state index contributed by atoms with van der Waals surface area (Å²) in [5.74, 6) is -4.56. The first-order valence-corrected chi connectivity index (χ1v) is 4.29. The van der Waals surface area contributed by atoms with Crippen LogP contribution in [-0.2, 0) is 0 Å². The lowest BCUT2D eigenvalue weighted by Crippen LogP contribution is -2.39. The van der Waals surface area contributed by atoms with Crippen LogP contribution in [-0.4, -0.2) is 17.4 Å². The van der Waals surface area contributed by atoms with Crippen LogP contribution < -0.4 is 5.73 Å². The van der Waals surface area contributed by atoms with Gasteiger partial charge in [-0.3, -0.25) is 0 Å². The van der Waals surface area contributed by atoms with Gasteiger partial charge in [-0.2, -0.15) is 13.2 Å². The van der Waals surface area contributed by atoms with Crippen molar-refractivity contribution in [2.45, 2.75) is 18.3 Å². The van der Waals surface area contributed by atoms with Crippen molar-refractivity contribution in [1.82, 2.24) is 0 Å². The smallest absolute Gasteiger partial charge is 0.382 e. The van der Waals surface area contributed by atoms with Crippen molar-refractivity contribution >= 4 is 0 Å². The number of aliphatic hydroxyl groups excluding tert-OH is 1. The second kappa shape index (κ2) is 4.53. The van der Waals surface area contributed by atoms with Crippen LogP contribution in [0.3, 0.4) is 0 Å². The molecule has 3 N–H and O–H groups in total. The molecule has 0 aliphatic carbocycles. The molecule has 0 radical (unpaired) electrons. The van der Waals surface area contributed by atoms with E-state index < -0.39 is 41.3 Å². The zero-order chi connectivity index (χ0) is 13.4. The summed E-state index contributed by atoms with van der Waals surface area (Å²) in [6.45, 7) is 0. The molecule has 0 bridgehead atoms. The predicted octanol–water partition coefficient (Wildman–Crippen LogP) is 2.03. The van der Waals surface area contributed by atoms with Gasteiger partial charge in [0.2, 0.25) is 0 Å². The molecule has 0 saturated carbocycles. The van der Waals surface area contributed by atoms with Crippen molar-refractivity contribution in [3.05, 3.63) is 35.1 Å². The summed E-state index contributed by atoms with van der Waals surface area (Å²) < 4.78 is 74.5. The first-order valence-electron chi connectivity index (χ1n) is 4.29. The molecule has 0 saturated heterocycles. The molecule has 1 aromatic rings. The molecule has 0 fully saturated rings. The van der Waals surface area contributed by atoms with Gasteiger partial charge < -0.3 is 10.8 Å². The number of hydrogen-bond donors (Lipinski definition) is 2. The first kappa shape index (κ1) is 13.8. The van der Waals surface area contributed by atoms with Crippen LogP contribution in [0, 0.1) is 17.5 Å². The van der Waals surface area contributed by atoms with Gasteiger partial charge in [0.25, 0.3) is 0 Å². The van der Waals surface area contributed by atoms with Crippen LogP contribution in [0.5, 0.6) is 0 Å².